The minimum atomic E-state index is 1.05. The van der Waals surface area contributed by atoms with Crippen LogP contribution in [0, 0.1) is 0 Å². The smallest absolute Gasteiger partial charge is 0.0613 e. The lowest BCUT2D eigenvalue weighted by molar-refractivity contribution is 1.10. The van der Waals surface area contributed by atoms with Crippen molar-refractivity contribution in [2.24, 2.45) is 0 Å². The van der Waals surface area contributed by atoms with Gasteiger partial charge in [0.1, 0.15) is 0 Å². The molecule has 87 heavy (non-hydrogen) atoms. The molecule has 412 valence electrons. The van der Waals surface area contributed by atoms with Crippen LogP contribution >= 0.6 is 0 Å². The molecule has 5 nitrogen and oxygen atoms in total. The molecule has 0 saturated carbocycles. The van der Waals surface area contributed by atoms with E-state index in [1.165, 1.54) is 32.3 Å². The summed E-state index contributed by atoms with van der Waals surface area (Å²) in [5.41, 5.74) is 18.5. The molecule has 15 rings (SSSR count). The van der Waals surface area contributed by atoms with Crippen LogP contribution in [0.2, 0.25) is 0 Å². The van der Waals surface area contributed by atoms with Gasteiger partial charge in [0.2, 0.25) is 0 Å². The van der Waals surface area contributed by atoms with Crippen molar-refractivity contribution >= 4 is 101 Å². The van der Waals surface area contributed by atoms with Gasteiger partial charge in [0.25, 0.3) is 0 Å². The summed E-state index contributed by atoms with van der Waals surface area (Å²) in [5, 5.41) is 7.07. The fraction of sp³-hybridized carbons (Fsp3) is 0. The second kappa shape index (κ2) is 23.2. The number of benzene rings is 14. The normalized spacial score (nSPS) is 11.2. The lowest BCUT2D eigenvalue weighted by Crippen LogP contribution is -2.12. The Hall–Kier alpha value is -11.7. The third kappa shape index (κ3) is 9.99. The number of rotatable bonds is 15. The summed E-state index contributed by atoms with van der Waals surface area (Å²) in [4.78, 5) is 9.41. The Morgan fingerprint density at radius 2 is 0.414 bits per heavy atom. The molecule has 0 radical (unpaired) electrons. The van der Waals surface area contributed by atoms with Crippen LogP contribution in [0.4, 0.5) is 68.2 Å². The average Bonchev–Trinajstić information content (AvgIpc) is 2.65. The topological polar surface area (TPSA) is 17.9 Å². The van der Waals surface area contributed by atoms with Crippen LogP contribution in [0.25, 0.3) is 60.5 Å². The maximum atomic E-state index is 2.47. The molecule has 1 aromatic heterocycles. The van der Waals surface area contributed by atoms with Crippen LogP contribution in [-0.2, 0) is 0 Å². The molecule has 0 saturated heterocycles. The molecule has 0 bridgehead atoms. The van der Waals surface area contributed by atoms with Gasteiger partial charge in [-0.1, -0.05) is 212 Å². The number of anilines is 12. The summed E-state index contributed by atoms with van der Waals surface area (Å²) >= 11 is 0. The van der Waals surface area contributed by atoms with Gasteiger partial charge < -0.3 is 24.2 Å². The Labute approximate surface area is 508 Å². The summed E-state index contributed by atoms with van der Waals surface area (Å²) in [6, 6.07) is 129. The minimum Gasteiger partial charge on any atom is -0.311 e. The van der Waals surface area contributed by atoms with E-state index in [9.17, 15) is 0 Å². The maximum absolute atomic E-state index is 2.47. The zero-order valence-electron chi connectivity index (χ0n) is 47.8. The van der Waals surface area contributed by atoms with Gasteiger partial charge in [-0.15, -0.1) is 0 Å². The molecule has 15 aromatic rings. The average molecular weight is 1110 g/mol. The van der Waals surface area contributed by atoms with Gasteiger partial charge in [-0.2, -0.15) is 0 Å². The molecule has 0 unspecified atom stereocenters. The van der Waals surface area contributed by atoms with E-state index in [0.29, 0.717) is 0 Å². The van der Waals surface area contributed by atoms with Gasteiger partial charge in [0, 0.05) is 84.1 Å². The Kier molecular flexibility index (Phi) is 13.9. The second-order valence-corrected chi connectivity index (χ2v) is 21.7. The molecule has 0 fully saturated rings. The highest BCUT2D eigenvalue weighted by molar-refractivity contribution is 6.07. The van der Waals surface area contributed by atoms with Crippen LogP contribution in [0.3, 0.4) is 0 Å². The van der Waals surface area contributed by atoms with Gasteiger partial charge in [-0.25, -0.2) is 0 Å². The van der Waals surface area contributed by atoms with Crippen molar-refractivity contribution in [1.29, 1.82) is 0 Å². The standard InChI is InChI=1S/C82H59N5/c1-6-28-64(29-7-1)83(65-30-8-2-9-31-65)69-52-56-73(57-53-69)85(79-42-22-26-60-24-16-18-38-75(60)79)71-48-44-62(45-49-71)81-77-40-20-21-41-78(77)82(87(81)68-36-14-5-15-37-68)63-46-50-72(51-47-63)86(80-43-23-27-61-25-17-19-39-76(61)80)74-58-54-70(55-59-74)84(66-32-10-3-11-33-66)67-34-12-4-13-35-67/h1-59H. The molecule has 0 aliphatic rings. The number of fused-ring (bicyclic) bond motifs is 3. The van der Waals surface area contributed by atoms with E-state index in [1.807, 2.05) is 0 Å². The molecule has 0 N–H and O–H groups in total. The van der Waals surface area contributed by atoms with Gasteiger partial charge in [-0.3, -0.25) is 0 Å². The lowest BCUT2D eigenvalue weighted by atomic mass is 10.0. The zero-order chi connectivity index (χ0) is 57.9. The molecular formula is C82H59N5. The lowest BCUT2D eigenvalue weighted by Gasteiger charge is -2.29. The predicted octanol–water partition coefficient (Wildman–Crippen LogP) is 23.2. The van der Waals surface area contributed by atoms with Crippen LogP contribution < -0.4 is 19.6 Å². The van der Waals surface area contributed by atoms with Crippen molar-refractivity contribution in [3.05, 3.63) is 358 Å². The van der Waals surface area contributed by atoms with E-state index in [-0.39, 0.29) is 0 Å². The fourth-order valence-corrected chi connectivity index (χ4v) is 12.6. The van der Waals surface area contributed by atoms with Crippen molar-refractivity contribution in [1.82, 2.24) is 4.57 Å². The third-order valence-corrected chi connectivity index (χ3v) is 16.5. The van der Waals surface area contributed by atoms with Crippen LogP contribution in [0.15, 0.2) is 358 Å². The van der Waals surface area contributed by atoms with Crippen LogP contribution in [-0.4, -0.2) is 4.57 Å². The van der Waals surface area contributed by atoms with E-state index in [0.717, 1.165) is 96.5 Å². The molecule has 0 aliphatic heterocycles. The Bertz CT molecular complexity index is 4440. The summed E-state index contributed by atoms with van der Waals surface area (Å²) in [6.07, 6.45) is 0. The van der Waals surface area contributed by atoms with Crippen LogP contribution in [0.5, 0.6) is 0 Å². The highest BCUT2D eigenvalue weighted by Crippen LogP contribution is 2.47. The number of hydrogen-bond donors (Lipinski definition) is 0. The summed E-state index contributed by atoms with van der Waals surface area (Å²) in [7, 11) is 0. The van der Waals surface area contributed by atoms with Crippen molar-refractivity contribution in [3.8, 4) is 28.2 Å². The highest BCUT2D eigenvalue weighted by atomic mass is 15.2. The first-order chi connectivity index (χ1) is 43.2. The molecule has 0 aliphatic carbocycles. The largest absolute Gasteiger partial charge is 0.311 e. The van der Waals surface area contributed by atoms with E-state index < -0.39 is 0 Å². The van der Waals surface area contributed by atoms with E-state index in [4.69, 9.17) is 0 Å². The van der Waals surface area contributed by atoms with Gasteiger partial charge in [0.15, 0.2) is 0 Å². The maximum Gasteiger partial charge on any atom is 0.0613 e. The monoisotopic (exact) mass is 1110 g/mol. The van der Waals surface area contributed by atoms with Crippen LogP contribution in [0.1, 0.15) is 0 Å². The molecule has 1 heterocycles. The first-order valence-corrected chi connectivity index (χ1v) is 29.7. The van der Waals surface area contributed by atoms with Gasteiger partial charge >= 0.3 is 0 Å². The third-order valence-electron chi connectivity index (χ3n) is 16.5. The molecule has 14 aromatic carbocycles. The Morgan fingerprint density at radius 3 is 0.747 bits per heavy atom. The van der Waals surface area contributed by atoms with Crippen molar-refractivity contribution in [2.45, 2.75) is 0 Å². The van der Waals surface area contributed by atoms with Crippen molar-refractivity contribution in [3.63, 3.8) is 0 Å². The Balaban J connectivity index is 0.835. The fourth-order valence-electron chi connectivity index (χ4n) is 12.6. The number of para-hydroxylation sites is 5. The predicted molar refractivity (Wildman–Crippen MR) is 368 cm³/mol. The first kappa shape index (κ1) is 52.2. The van der Waals surface area contributed by atoms with Gasteiger partial charge in [-0.05, 0) is 167 Å². The Morgan fingerprint density at radius 1 is 0.172 bits per heavy atom. The quantitative estimate of drug-likeness (QED) is 0.102. The molecule has 0 amide bonds. The van der Waals surface area contributed by atoms with E-state index >= 15 is 0 Å². The SMILES string of the molecule is c1ccc(N(c2ccccc2)c2ccc(N(c3ccc(-c4c5ccccc5c(-c5ccc(N(c6ccc(N(c7ccccc7)c7ccccc7)cc6)c6cccc7ccccc67)cc5)n4-c4ccccc4)cc3)c3cccc4ccccc34)cc2)cc1. The zero-order valence-corrected chi connectivity index (χ0v) is 47.8. The molecule has 0 atom stereocenters. The summed E-state index contributed by atoms with van der Waals surface area (Å²) in [5.74, 6) is 0. The summed E-state index contributed by atoms with van der Waals surface area (Å²) < 4.78 is 2.47. The number of hydrogen-bond acceptors (Lipinski definition) is 4. The van der Waals surface area contributed by atoms with Crippen molar-refractivity contribution in [2.75, 3.05) is 19.6 Å². The highest BCUT2D eigenvalue weighted by Gasteiger charge is 2.24. The van der Waals surface area contributed by atoms with Gasteiger partial charge in [0.05, 0.1) is 22.8 Å². The summed E-state index contributed by atoms with van der Waals surface area (Å²) in [6.45, 7) is 0. The van der Waals surface area contributed by atoms with E-state index in [1.54, 1.807) is 0 Å². The molecule has 5 heteroatoms. The second-order valence-electron chi connectivity index (χ2n) is 21.7. The molecule has 0 spiro atoms. The minimum absolute atomic E-state index is 1.05. The number of aromatic nitrogens is 1. The first-order valence-electron chi connectivity index (χ1n) is 29.7. The molecular weight excluding hydrogens is 1050 g/mol. The van der Waals surface area contributed by atoms with E-state index in [2.05, 4.69) is 382 Å². The number of nitrogens with zero attached hydrogens (tertiary/aromatic N) is 5. The van der Waals surface area contributed by atoms with Crippen molar-refractivity contribution < 1.29 is 0 Å².